The molecule has 1 amide bonds. The highest BCUT2D eigenvalue weighted by atomic mass is 35.5. The lowest BCUT2D eigenvalue weighted by Crippen LogP contribution is -2.49. The number of ether oxygens (including phenoxy) is 1. The van der Waals surface area contributed by atoms with Crippen LogP contribution in [-0.4, -0.2) is 23.5 Å². The molecule has 0 aliphatic carbocycles. The van der Waals surface area contributed by atoms with Crippen molar-refractivity contribution in [2.45, 2.75) is 12.0 Å². The van der Waals surface area contributed by atoms with Gasteiger partial charge in [-0.05, 0) is 5.56 Å². The molecule has 0 radical (unpaired) electrons. The van der Waals surface area contributed by atoms with Gasteiger partial charge in [-0.15, -0.1) is 12.4 Å². The van der Waals surface area contributed by atoms with Gasteiger partial charge in [0.25, 0.3) is 5.69 Å². The first-order valence-corrected chi connectivity index (χ1v) is 4.95. The van der Waals surface area contributed by atoms with Gasteiger partial charge in [0.05, 0.1) is 4.92 Å². The number of benzene rings is 1. The first-order chi connectivity index (χ1) is 8.40. The van der Waals surface area contributed by atoms with Crippen molar-refractivity contribution in [2.75, 3.05) is 6.61 Å². The maximum Gasteiger partial charge on any atom is 0.408 e. The summed E-state index contributed by atoms with van der Waals surface area (Å²) in [6, 6.07) is 3.13. The van der Waals surface area contributed by atoms with Gasteiger partial charge in [-0.25, -0.2) is 13.6 Å². The Labute approximate surface area is 112 Å². The van der Waals surface area contributed by atoms with Crippen molar-refractivity contribution in [3.8, 4) is 0 Å². The van der Waals surface area contributed by atoms with E-state index in [0.717, 1.165) is 6.07 Å². The third kappa shape index (κ3) is 3.08. The minimum atomic E-state index is -3.32. The number of amides is 1. The van der Waals surface area contributed by atoms with Crippen LogP contribution in [0.4, 0.5) is 19.3 Å². The number of hydrogen-bond donors (Lipinski definition) is 1. The van der Waals surface area contributed by atoms with E-state index in [4.69, 9.17) is 0 Å². The van der Waals surface area contributed by atoms with Crippen LogP contribution in [-0.2, 0) is 4.74 Å². The fourth-order valence-corrected chi connectivity index (χ4v) is 1.66. The molecular weight excluding hydrogens is 286 g/mol. The fourth-order valence-electron chi connectivity index (χ4n) is 1.66. The Balaban J connectivity index is 0.00000180. The molecular formula is C10H9ClF2N2O4. The van der Waals surface area contributed by atoms with Crippen LogP contribution < -0.4 is 5.32 Å². The third-order valence-electron chi connectivity index (χ3n) is 2.49. The average Bonchev–Trinajstić information content (AvgIpc) is 2.32. The molecule has 0 bridgehead atoms. The first kappa shape index (κ1) is 15.1. The number of cyclic esters (lactones) is 1. The zero-order valence-corrected chi connectivity index (χ0v) is 10.2. The number of halogens is 3. The van der Waals surface area contributed by atoms with Crippen molar-refractivity contribution in [3.63, 3.8) is 0 Å². The summed E-state index contributed by atoms with van der Waals surface area (Å²) in [4.78, 5) is 20.8. The van der Waals surface area contributed by atoms with Crippen LogP contribution in [0.5, 0.6) is 0 Å². The summed E-state index contributed by atoms with van der Waals surface area (Å²) in [5, 5.41) is 12.5. The van der Waals surface area contributed by atoms with Crippen LogP contribution in [0.25, 0.3) is 0 Å². The molecule has 6 nitrogen and oxygen atoms in total. The van der Waals surface area contributed by atoms with Crippen LogP contribution in [0.15, 0.2) is 24.3 Å². The fraction of sp³-hybridized carbons (Fsp3) is 0.300. The predicted octanol–water partition coefficient (Wildman–Crippen LogP) is 2.43. The molecule has 0 aromatic heterocycles. The molecule has 1 aliphatic rings. The van der Waals surface area contributed by atoms with E-state index in [0.29, 0.717) is 0 Å². The van der Waals surface area contributed by atoms with Gasteiger partial charge in [-0.3, -0.25) is 10.1 Å². The quantitative estimate of drug-likeness (QED) is 0.671. The number of rotatable bonds is 2. The van der Waals surface area contributed by atoms with E-state index in [2.05, 4.69) is 4.74 Å². The van der Waals surface area contributed by atoms with E-state index in [9.17, 15) is 23.7 Å². The summed E-state index contributed by atoms with van der Waals surface area (Å²) >= 11 is 0. The molecule has 0 unspecified atom stereocenters. The average molecular weight is 295 g/mol. The second-order valence-electron chi connectivity index (χ2n) is 3.77. The zero-order chi connectivity index (χ0) is 13.3. The maximum atomic E-state index is 13.6. The number of non-ortho nitro benzene ring substituents is 1. The number of nitrogens with zero attached hydrogens (tertiary/aromatic N) is 1. The summed E-state index contributed by atoms with van der Waals surface area (Å²) in [5.41, 5.74) is -0.352. The summed E-state index contributed by atoms with van der Waals surface area (Å²) in [7, 11) is 0. The molecule has 1 fully saturated rings. The molecule has 1 N–H and O–H groups in total. The lowest BCUT2D eigenvalue weighted by molar-refractivity contribution is -0.385. The predicted molar refractivity (Wildman–Crippen MR) is 62.5 cm³/mol. The van der Waals surface area contributed by atoms with Crippen molar-refractivity contribution in [1.29, 1.82) is 0 Å². The number of hydrogen-bond acceptors (Lipinski definition) is 4. The third-order valence-corrected chi connectivity index (χ3v) is 2.49. The number of carbonyl (C=O) groups is 1. The molecule has 1 saturated heterocycles. The molecule has 1 aromatic rings. The number of nitro groups is 1. The highest BCUT2D eigenvalue weighted by Crippen LogP contribution is 2.35. The number of nitro benzene ring substituents is 1. The SMILES string of the molecule is Cl.O=C1N[C@@H](c2cccc([N+](=O)[O-])c2)C(F)(F)CO1. The Hall–Kier alpha value is -1.96. The summed E-state index contributed by atoms with van der Waals surface area (Å²) in [5.74, 6) is -3.32. The molecule has 104 valence electrons. The summed E-state index contributed by atoms with van der Waals surface area (Å²) < 4.78 is 31.3. The van der Waals surface area contributed by atoms with E-state index in [1.54, 1.807) is 0 Å². The minimum Gasteiger partial charge on any atom is -0.443 e. The lowest BCUT2D eigenvalue weighted by atomic mass is 10.00. The van der Waals surface area contributed by atoms with Crippen molar-refractivity contribution in [2.24, 2.45) is 0 Å². The summed E-state index contributed by atoms with van der Waals surface area (Å²) in [6.45, 7) is -1.05. The van der Waals surface area contributed by atoms with Crippen LogP contribution >= 0.6 is 12.4 Å². The Morgan fingerprint density at radius 3 is 2.79 bits per heavy atom. The Bertz CT molecular complexity index is 512. The highest BCUT2D eigenvalue weighted by molar-refractivity contribution is 5.85. The van der Waals surface area contributed by atoms with Gasteiger partial charge in [-0.1, -0.05) is 12.1 Å². The lowest BCUT2D eigenvalue weighted by Gasteiger charge is -2.31. The normalized spacial score (nSPS) is 20.7. The smallest absolute Gasteiger partial charge is 0.408 e. The van der Waals surface area contributed by atoms with Gasteiger partial charge in [0.2, 0.25) is 0 Å². The topological polar surface area (TPSA) is 81.5 Å². The standard InChI is InChI=1S/C10H8F2N2O4.ClH/c11-10(12)5-18-9(15)13-8(10)6-2-1-3-7(4-6)14(16)17;/h1-4,8H,5H2,(H,13,15);1H/t8-;/m0./s1. The molecule has 9 heteroatoms. The number of carbonyl (C=O) groups excluding carboxylic acids is 1. The van der Waals surface area contributed by atoms with E-state index in [-0.39, 0.29) is 23.7 Å². The maximum absolute atomic E-state index is 13.6. The second-order valence-corrected chi connectivity index (χ2v) is 3.77. The molecule has 1 atom stereocenters. The largest absolute Gasteiger partial charge is 0.443 e. The van der Waals surface area contributed by atoms with Crippen molar-refractivity contribution < 1.29 is 23.2 Å². The number of alkyl halides is 2. The van der Waals surface area contributed by atoms with E-state index >= 15 is 0 Å². The van der Waals surface area contributed by atoms with Gasteiger partial charge in [-0.2, -0.15) is 0 Å². The minimum absolute atomic E-state index is 0. The molecule has 1 aromatic carbocycles. The Morgan fingerprint density at radius 1 is 1.47 bits per heavy atom. The van der Waals surface area contributed by atoms with Gasteiger partial charge >= 0.3 is 12.0 Å². The number of alkyl carbamates (subject to hydrolysis) is 1. The molecule has 0 spiro atoms. The number of nitrogens with one attached hydrogen (secondary N) is 1. The summed E-state index contributed by atoms with van der Waals surface area (Å²) in [6.07, 6.45) is -0.975. The monoisotopic (exact) mass is 294 g/mol. The van der Waals surface area contributed by atoms with Crippen molar-refractivity contribution >= 4 is 24.2 Å². The first-order valence-electron chi connectivity index (χ1n) is 4.95. The molecule has 1 heterocycles. The van der Waals surface area contributed by atoms with Crippen LogP contribution in [0, 0.1) is 10.1 Å². The van der Waals surface area contributed by atoms with Gasteiger partial charge in [0.1, 0.15) is 6.04 Å². The van der Waals surface area contributed by atoms with E-state index < -0.39 is 29.6 Å². The van der Waals surface area contributed by atoms with Crippen molar-refractivity contribution in [1.82, 2.24) is 5.32 Å². The molecule has 19 heavy (non-hydrogen) atoms. The van der Waals surface area contributed by atoms with Crippen LogP contribution in [0.2, 0.25) is 0 Å². The molecule has 2 rings (SSSR count). The van der Waals surface area contributed by atoms with Gasteiger partial charge < -0.3 is 10.1 Å². The highest BCUT2D eigenvalue weighted by Gasteiger charge is 2.47. The zero-order valence-electron chi connectivity index (χ0n) is 9.34. The van der Waals surface area contributed by atoms with Crippen LogP contribution in [0.3, 0.4) is 0 Å². The Morgan fingerprint density at radius 2 is 2.16 bits per heavy atom. The Kier molecular flexibility index (Phi) is 4.25. The van der Waals surface area contributed by atoms with E-state index in [1.807, 2.05) is 5.32 Å². The van der Waals surface area contributed by atoms with Crippen molar-refractivity contribution in [3.05, 3.63) is 39.9 Å². The second kappa shape index (κ2) is 5.35. The van der Waals surface area contributed by atoms with Gasteiger partial charge in [0.15, 0.2) is 6.61 Å². The van der Waals surface area contributed by atoms with E-state index in [1.165, 1.54) is 18.2 Å². The molecule has 1 aliphatic heterocycles. The van der Waals surface area contributed by atoms with Gasteiger partial charge in [0, 0.05) is 12.1 Å². The van der Waals surface area contributed by atoms with Crippen LogP contribution in [0.1, 0.15) is 11.6 Å². The molecule has 0 saturated carbocycles.